The molecule has 0 unspecified atom stereocenters. The van der Waals surface area contributed by atoms with Crippen molar-refractivity contribution in [3.8, 4) is 5.75 Å². The van der Waals surface area contributed by atoms with Gasteiger partial charge in [0.05, 0.1) is 18.8 Å². The number of ether oxygens (including phenoxy) is 3. The van der Waals surface area contributed by atoms with Gasteiger partial charge in [-0.05, 0) is 63.7 Å². The minimum atomic E-state index is -5.53. The fourth-order valence-electron chi connectivity index (χ4n) is 3.28. The summed E-state index contributed by atoms with van der Waals surface area (Å²) in [6.07, 6.45) is 0. The van der Waals surface area contributed by atoms with Gasteiger partial charge in [-0.15, -0.1) is 0 Å². The van der Waals surface area contributed by atoms with Gasteiger partial charge in [-0.25, -0.2) is 4.79 Å². The molecule has 3 aromatic rings. The van der Waals surface area contributed by atoms with Crippen molar-refractivity contribution in [2.45, 2.75) is 38.6 Å². The normalized spacial score (nSPS) is 11.8. The zero-order valence-electron chi connectivity index (χ0n) is 23.4. The third-order valence-electron chi connectivity index (χ3n) is 5.04. The third kappa shape index (κ3) is 11.3. The maximum absolute atomic E-state index is 12.6. The summed E-state index contributed by atoms with van der Waals surface area (Å²) < 4.78 is 68.4. The summed E-state index contributed by atoms with van der Waals surface area (Å²) >= 11 is 0. The molecule has 11 heteroatoms. The highest BCUT2D eigenvalue weighted by atomic mass is 32.2. The molecule has 41 heavy (non-hydrogen) atoms. The van der Waals surface area contributed by atoms with E-state index in [0.29, 0.717) is 0 Å². The first-order valence-corrected chi connectivity index (χ1v) is 15.4. The van der Waals surface area contributed by atoms with Crippen LogP contribution in [0.4, 0.5) is 8.78 Å². The summed E-state index contributed by atoms with van der Waals surface area (Å²) in [5.41, 5.74) is -0.413. The molecule has 0 amide bonds. The van der Waals surface area contributed by atoms with Crippen molar-refractivity contribution < 1.29 is 40.8 Å². The quantitative estimate of drug-likeness (QED) is 0.138. The molecule has 0 aromatic heterocycles. The van der Waals surface area contributed by atoms with Crippen LogP contribution in [0.5, 0.6) is 5.75 Å². The van der Waals surface area contributed by atoms with Crippen molar-refractivity contribution in [1.29, 1.82) is 0 Å². The van der Waals surface area contributed by atoms with E-state index < -0.39 is 42.5 Å². The largest absolute Gasteiger partial charge is 0.488 e. The lowest BCUT2D eigenvalue weighted by molar-refractivity contribution is -0.139. The first-order valence-electron chi connectivity index (χ1n) is 12.6. The van der Waals surface area contributed by atoms with Crippen molar-refractivity contribution in [2.75, 3.05) is 19.8 Å². The molecule has 0 radical (unpaired) electrons. The van der Waals surface area contributed by atoms with E-state index in [0.717, 1.165) is 5.75 Å². The van der Waals surface area contributed by atoms with Gasteiger partial charge < -0.3 is 14.2 Å². The predicted molar refractivity (Wildman–Crippen MR) is 159 cm³/mol. The van der Waals surface area contributed by atoms with E-state index in [9.17, 15) is 22.0 Å². The molecular formula is C30H35F2O7PS. The summed E-state index contributed by atoms with van der Waals surface area (Å²) in [5.74, 6) is 0.0880. The fraction of sp³-hybridized carbons (Fsp3) is 0.300. The lowest BCUT2D eigenvalue weighted by Crippen LogP contribution is -2.34. The number of esters is 1. The Labute approximate surface area is 241 Å². The highest BCUT2D eigenvalue weighted by Gasteiger charge is 2.44. The topological polar surface area (TPSA) is 99.1 Å². The van der Waals surface area contributed by atoms with Gasteiger partial charge in [0.1, 0.15) is 18.0 Å². The van der Waals surface area contributed by atoms with Crippen molar-refractivity contribution in [3.05, 3.63) is 97.1 Å². The zero-order chi connectivity index (χ0) is 30.7. The maximum atomic E-state index is 12.6. The monoisotopic (exact) mass is 608 g/mol. The highest BCUT2D eigenvalue weighted by molar-refractivity contribution is 7.86. The highest BCUT2D eigenvalue weighted by Crippen LogP contribution is 2.33. The van der Waals surface area contributed by atoms with Crippen LogP contribution in [0, 0.1) is 0 Å². The fourth-order valence-corrected chi connectivity index (χ4v) is 5.79. The number of hydrogen-bond donors (Lipinski definition) is 1. The Balaban J connectivity index is 0.000000307. The van der Waals surface area contributed by atoms with Gasteiger partial charge in [0.25, 0.3) is 0 Å². The number of benzene rings is 3. The standard InChI is InChI=1S/C22H23OP.C8H12F2O6S/c1-22(2,3)23-18-14-16-21(17-15-18)24(19-10-6-4-7-11-19)20-12-8-5-9-13-20;1-3-16-7(11)6(2)4-15-5-8(9,10)17(12,13)14/h4-17H,1-3H3;2-5H2,1H3,(H,12,13,14). The molecule has 0 bridgehead atoms. The van der Waals surface area contributed by atoms with Crippen LogP contribution in [0.15, 0.2) is 97.1 Å². The molecule has 0 spiro atoms. The van der Waals surface area contributed by atoms with Crippen LogP contribution in [0.3, 0.4) is 0 Å². The molecule has 3 aromatic carbocycles. The molecule has 1 N–H and O–H groups in total. The second-order valence-electron chi connectivity index (χ2n) is 9.64. The second kappa shape index (κ2) is 15.2. The van der Waals surface area contributed by atoms with Crippen molar-refractivity contribution in [1.82, 2.24) is 0 Å². The average molecular weight is 609 g/mol. The van der Waals surface area contributed by atoms with Crippen LogP contribution >= 0.6 is 7.92 Å². The van der Waals surface area contributed by atoms with E-state index in [4.69, 9.17) is 9.29 Å². The molecule has 0 aliphatic rings. The number of rotatable bonds is 11. The maximum Gasteiger partial charge on any atom is 0.392 e. The molecule has 0 aliphatic heterocycles. The van der Waals surface area contributed by atoms with Gasteiger partial charge in [0.15, 0.2) is 0 Å². The molecule has 7 nitrogen and oxygen atoms in total. The first kappa shape index (κ1) is 34.0. The van der Waals surface area contributed by atoms with Gasteiger partial charge in [-0.3, -0.25) is 4.55 Å². The average Bonchev–Trinajstić information content (AvgIpc) is 2.90. The molecule has 222 valence electrons. The Bertz CT molecular complexity index is 1320. The number of halogens is 2. The first-order chi connectivity index (χ1) is 19.1. The summed E-state index contributed by atoms with van der Waals surface area (Å²) in [4.78, 5) is 10.9. The van der Waals surface area contributed by atoms with Gasteiger partial charge in [-0.1, -0.05) is 79.4 Å². The van der Waals surface area contributed by atoms with Gasteiger partial charge in [-0.2, -0.15) is 17.2 Å². The van der Waals surface area contributed by atoms with E-state index >= 15 is 0 Å². The van der Waals surface area contributed by atoms with Crippen molar-refractivity contribution in [2.24, 2.45) is 0 Å². The smallest absolute Gasteiger partial charge is 0.392 e. The number of carbonyl (C=O) groups excluding carboxylic acids is 1. The van der Waals surface area contributed by atoms with Crippen LogP contribution in [0.2, 0.25) is 0 Å². The van der Waals surface area contributed by atoms with Gasteiger partial charge >= 0.3 is 21.3 Å². The lowest BCUT2D eigenvalue weighted by Gasteiger charge is -2.23. The van der Waals surface area contributed by atoms with Crippen LogP contribution in [-0.2, 0) is 24.4 Å². The Morgan fingerprint density at radius 2 is 1.34 bits per heavy atom. The zero-order valence-corrected chi connectivity index (χ0v) is 25.1. The number of alkyl halides is 2. The van der Waals surface area contributed by atoms with Gasteiger partial charge in [0, 0.05) is 0 Å². The Morgan fingerprint density at radius 3 is 1.76 bits per heavy atom. The van der Waals surface area contributed by atoms with E-state index in [1.165, 1.54) is 15.9 Å². The molecule has 0 atom stereocenters. The molecule has 0 heterocycles. The van der Waals surface area contributed by atoms with Crippen molar-refractivity contribution >= 4 is 39.9 Å². The van der Waals surface area contributed by atoms with Crippen LogP contribution < -0.4 is 20.7 Å². The van der Waals surface area contributed by atoms with Crippen molar-refractivity contribution in [3.63, 3.8) is 0 Å². The molecule has 0 aliphatic carbocycles. The molecular weight excluding hydrogens is 573 g/mol. The summed E-state index contributed by atoms with van der Waals surface area (Å²) in [6, 6.07) is 30.1. The SMILES string of the molecule is C=C(COCC(F)(F)S(=O)(=O)O)C(=O)OCC.CC(C)(C)Oc1ccc(P(c2ccccc2)c2ccccc2)cc1. The minimum absolute atomic E-state index is 0.0824. The Hall–Kier alpha value is -3.17. The van der Waals surface area contributed by atoms with Crippen LogP contribution in [-0.4, -0.2) is 49.6 Å². The minimum Gasteiger partial charge on any atom is -0.488 e. The van der Waals surface area contributed by atoms with Crippen LogP contribution in [0.1, 0.15) is 27.7 Å². The predicted octanol–water partition coefficient (Wildman–Crippen LogP) is 5.23. The molecule has 0 fully saturated rings. The van der Waals surface area contributed by atoms with Crippen LogP contribution in [0.25, 0.3) is 0 Å². The number of hydrogen-bond acceptors (Lipinski definition) is 6. The van der Waals surface area contributed by atoms with E-state index in [1.54, 1.807) is 6.92 Å². The Morgan fingerprint density at radius 1 is 0.878 bits per heavy atom. The van der Waals surface area contributed by atoms with E-state index in [1.807, 2.05) is 0 Å². The van der Waals surface area contributed by atoms with E-state index in [-0.39, 0.29) is 17.8 Å². The second-order valence-corrected chi connectivity index (χ2v) is 13.4. The number of carbonyl (C=O) groups is 1. The Kier molecular flexibility index (Phi) is 12.6. The lowest BCUT2D eigenvalue weighted by atomic mass is 10.2. The summed E-state index contributed by atoms with van der Waals surface area (Å²) in [6.45, 7) is 8.83. The van der Waals surface area contributed by atoms with E-state index in [2.05, 4.69) is 122 Å². The summed E-state index contributed by atoms with van der Waals surface area (Å²) in [5, 5.41) is -0.364. The third-order valence-corrected chi connectivity index (χ3v) is 8.35. The molecule has 0 saturated heterocycles. The summed E-state index contributed by atoms with van der Waals surface area (Å²) in [7, 11) is -6.08. The molecule has 0 saturated carbocycles. The van der Waals surface area contributed by atoms with Gasteiger partial charge in [0.2, 0.25) is 0 Å². The molecule has 3 rings (SSSR count).